The standard InChI is InChI=1S/C24H25ClN2O5S/c1-17(18-4-10-21(31-2)11-5-18)26-24(28)16-27(20-8-6-19(25)7-9-20)33(29,30)23-14-12-22(32-3)13-15-23/h4-15,17H,16H2,1-3H3,(H,26,28). The van der Waals surface area contributed by atoms with Gasteiger partial charge in [-0.15, -0.1) is 0 Å². The molecule has 1 N–H and O–H groups in total. The van der Waals surface area contributed by atoms with Crippen molar-refractivity contribution in [1.29, 1.82) is 0 Å². The molecule has 33 heavy (non-hydrogen) atoms. The van der Waals surface area contributed by atoms with Crippen molar-refractivity contribution >= 4 is 33.2 Å². The smallest absolute Gasteiger partial charge is 0.264 e. The number of ether oxygens (including phenoxy) is 2. The van der Waals surface area contributed by atoms with Gasteiger partial charge in [0.25, 0.3) is 10.0 Å². The summed E-state index contributed by atoms with van der Waals surface area (Å²) >= 11 is 5.97. The van der Waals surface area contributed by atoms with Crippen LogP contribution in [0.4, 0.5) is 5.69 Å². The Morgan fingerprint density at radius 2 is 1.42 bits per heavy atom. The van der Waals surface area contributed by atoms with Gasteiger partial charge in [-0.1, -0.05) is 23.7 Å². The van der Waals surface area contributed by atoms with E-state index < -0.39 is 22.5 Å². The van der Waals surface area contributed by atoms with Crippen LogP contribution in [0.15, 0.2) is 77.7 Å². The second-order valence-electron chi connectivity index (χ2n) is 7.23. The van der Waals surface area contributed by atoms with E-state index in [0.717, 1.165) is 9.87 Å². The third-order valence-electron chi connectivity index (χ3n) is 5.04. The zero-order valence-corrected chi connectivity index (χ0v) is 20.1. The van der Waals surface area contributed by atoms with Gasteiger partial charge in [-0.3, -0.25) is 9.10 Å². The minimum atomic E-state index is -4.04. The van der Waals surface area contributed by atoms with Crippen molar-refractivity contribution in [2.75, 3.05) is 25.1 Å². The monoisotopic (exact) mass is 488 g/mol. The van der Waals surface area contributed by atoms with E-state index in [9.17, 15) is 13.2 Å². The second-order valence-corrected chi connectivity index (χ2v) is 9.52. The van der Waals surface area contributed by atoms with Crippen molar-refractivity contribution in [3.8, 4) is 11.5 Å². The molecule has 174 valence electrons. The maximum atomic E-state index is 13.4. The lowest BCUT2D eigenvalue weighted by atomic mass is 10.1. The number of benzene rings is 3. The maximum absolute atomic E-state index is 13.4. The first-order valence-corrected chi connectivity index (χ1v) is 11.9. The van der Waals surface area contributed by atoms with Gasteiger partial charge in [-0.2, -0.15) is 0 Å². The highest BCUT2D eigenvalue weighted by Gasteiger charge is 2.28. The van der Waals surface area contributed by atoms with Gasteiger partial charge >= 0.3 is 0 Å². The molecule has 3 aromatic rings. The van der Waals surface area contributed by atoms with Crippen molar-refractivity contribution in [1.82, 2.24) is 5.32 Å². The van der Waals surface area contributed by atoms with Crippen LogP contribution < -0.4 is 19.1 Å². The molecular weight excluding hydrogens is 464 g/mol. The van der Waals surface area contributed by atoms with E-state index in [0.29, 0.717) is 22.2 Å². The van der Waals surface area contributed by atoms with Crippen LogP contribution in [0, 0.1) is 0 Å². The summed E-state index contributed by atoms with van der Waals surface area (Å²) in [6.45, 7) is 1.42. The topological polar surface area (TPSA) is 84.9 Å². The number of rotatable bonds is 9. The average Bonchev–Trinajstić information content (AvgIpc) is 2.83. The Hall–Kier alpha value is -3.23. The SMILES string of the molecule is COc1ccc(C(C)NC(=O)CN(c2ccc(Cl)cc2)S(=O)(=O)c2ccc(OC)cc2)cc1. The highest BCUT2D eigenvalue weighted by Crippen LogP contribution is 2.26. The number of carbonyl (C=O) groups excluding carboxylic acids is 1. The average molecular weight is 489 g/mol. The number of sulfonamides is 1. The zero-order chi connectivity index (χ0) is 24.0. The highest BCUT2D eigenvalue weighted by atomic mass is 35.5. The van der Waals surface area contributed by atoms with Crippen LogP contribution in [-0.2, 0) is 14.8 Å². The number of hydrogen-bond acceptors (Lipinski definition) is 5. The number of anilines is 1. The predicted octanol–water partition coefficient (Wildman–Crippen LogP) is 4.43. The molecule has 0 fully saturated rings. The Kier molecular flexibility index (Phi) is 7.84. The molecule has 3 aromatic carbocycles. The molecule has 0 aliphatic carbocycles. The molecule has 0 spiro atoms. The summed E-state index contributed by atoms with van der Waals surface area (Å²) in [6.07, 6.45) is 0. The van der Waals surface area contributed by atoms with Crippen LogP contribution in [0.5, 0.6) is 11.5 Å². The van der Waals surface area contributed by atoms with Gasteiger partial charge in [0.05, 0.1) is 30.8 Å². The summed E-state index contributed by atoms with van der Waals surface area (Å²) in [6, 6.07) is 19.2. The van der Waals surface area contributed by atoms with Gasteiger partial charge in [-0.05, 0) is 73.2 Å². The molecule has 0 aromatic heterocycles. The largest absolute Gasteiger partial charge is 0.497 e. The lowest BCUT2D eigenvalue weighted by Gasteiger charge is -2.25. The van der Waals surface area contributed by atoms with Crippen molar-refractivity contribution < 1.29 is 22.7 Å². The van der Waals surface area contributed by atoms with E-state index in [1.165, 1.54) is 19.2 Å². The number of nitrogens with zero attached hydrogens (tertiary/aromatic N) is 1. The third-order valence-corrected chi connectivity index (χ3v) is 7.08. The van der Waals surface area contributed by atoms with Crippen LogP contribution in [-0.4, -0.2) is 35.1 Å². The number of nitrogens with one attached hydrogen (secondary N) is 1. The first-order chi connectivity index (χ1) is 15.7. The summed E-state index contributed by atoms with van der Waals surface area (Å²) in [5.41, 5.74) is 1.18. The summed E-state index contributed by atoms with van der Waals surface area (Å²) in [5.74, 6) is 0.778. The van der Waals surface area contributed by atoms with E-state index in [1.807, 2.05) is 19.1 Å². The molecule has 0 saturated heterocycles. The number of amides is 1. The number of carbonyl (C=O) groups is 1. The third kappa shape index (κ3) is 5.97. The second kappa shape index (κ2) is 10.6. The fourth-order valence-electron chi connectivity index (χ4n) is 3.19. The van der Waals surface area contributed by atoms with Crippen molar-refractivity contribution in [2.45, 2.75) is 17.9 Å². The van der Waals surface area contributed by atoms with Gasteiger partial charge in [0, 0.05) is 5.02 Å². The van der Waals surface area contributed by atoms with Crippen molar-refractivity contribution in [3.05, 3.63) is 83.4 Å². The van der Waals surface area contributed by atoms with Gasteiger partial charge in [0.1, 0.15) is 18.0 Å². The molecule has 0 heterocycles. The molecule has 0 aliphatic heterocycles. The number of methoxy groups -OCH3 is 2. The van der Waals surface area contributed by atoms with Crippen LogP contribution in [0.1, 0.15) is 18.5 Å². The molecule has 1 amide bonds. The molecule has 1 unspecified atom stereocenters. The van der Waals surface area contributed by atoms with Crippen LogP contribution in [0.25, 0.3) is 0 Å². The van der Waals surface area contributed by atoms with Gasteiger partial charge < -0.3 is 14.8 Å². The van der Waals surface area contributed by atoms with E-state index in [1.54, 1.807) is 55.6 Å². The molecule has 0 bridgehead atoms. The molecule has 0 aliphatic rings. The number of hydrogen-bond donors (Lipinski definition) is 1. The normalized spacial score (nSPS) is 12.0. The summed E-state index contributed by atoms with van der Waals surface area (Å²) in [5, 5.41) is 3.31. The van der Waals surface area contributed by atoms with E-state index in [4.69, 9.17) is 21.1 Å². The lowest BCUT2D eigenvalue weighted by molar-refractivity contribution is -0.120. The van der Waals surface area contributed by atoms with E-state index in [2.05, 4.69) is 5.32 Å². The van der Waals surface area contributed by atoms with Gasteiger partial charge in [0.2, 0.25) is 5.91 Å². The minimum Gasteiger partial charge on any atom is -0.497 e. The van der Waals surface area contributed by atoms with Crippen molar-refractivity contribution in [2.24, 2.45) is 0 Å². The van der Waals surface area contributed by atoms with Crippen LogP contribution in [0.3, 0.4) is 0 Å². The Balaban J connectivity index is 1.86. The Morgan fingerprint density at radius 3 is 1.94 bits per heavy atom. The Bertz CT molecular complexity index is 1180. The lowest BCUT2D eigenvalue weighted by Crippen LogP contribution is -2.41. The molecule has 1 atom stereocenters. The van der Waals surface area contributed by atoms with Crippen LogP contribution >= 0.6 is 11.6 Å². The highest BCUT2D eigenvalue weighted by molar-refractivity contribution is 7.92. The summed E-state index contributed by atoms with van der Waals surface area (Å²) in [7, 11) is -0.963. The molecule has 0 radical (unpaired) electrons. The molecule has 3 rings (SSSR count). The molecule has 7 nitrogen and oxygen atoms in total. The summed E-state index contributed by atoms with van der Waals surface area (Å²) in [4.78, 5) is 12.9. The first kappa shape index (κ1) is 24.4. The summed E-state index contributed by atoms with van der Waals surface area (Å²) < 4.78 is 38.2. The minimum absolute atomic E-state index is 0.0363. The van der Waals surface area contributed by atoms with Crippen LogP contribution in [0.2, 0.25) is 5.02 Å². The van der Waals surface area contributed by atoms with Gasteiger partial charge in [0.15, 0.2) is 0 Å². The Labute approximate surface area is 198 Å². The molecule has 9 heteroatoms. The van der Waals surface area contributed by atoms with Crippen molar-refractivity contribution in [3.63, 3.8) is 0 Å². The van der Waals surface area contributed by atoms with E-state index in [-0.39, 0.29) is 10.9 Å². The zero-order valence-electron chi connectivity index (χ0n) is 18.5. The molecule has 0 saturated carbocycles. The molecular formula is C24H25ClN2O5S. The fraction of sp³-hybridized carbons (Fsp3) is 0.208. The first-order valence-electron chi connectivity index (χ1n) is 10.1. The number of halogens is 1. The van der Waals surface area contributed by atoms with E-state index >= 15 is 0 Å². The quantitative estimate of drug-likeness (QED) is 0.481. The Morgan fingerprint density at radius 1 is 0.909 bits per heavy atom. The predicted molar refractivity (Wildman–Crippen MR) is 129 cm³/mol. The van der Waals surface area contributed by atoms with Gasteiger partial charge in [-0.25, -0.2) is 8.42 Å². The maximum Gasteiger partial charge on any atom is 0.264 e. The fourth-order valence-corrected chi connectivity index (χ4v) is 4.74.